The van der Waals surface area contributed by atoms with Gasteiger partial charge in [-0.1, -0.05) is 67.9 Å². The summed E-state index contributed by atoms with van der Waals surface area (Å²) in [5.74, 6) is 0.797. The van der Waals surface area contributed by atoms with Crippen molar-refractivity contribution in [3.8, 4) is 22.7 Å². The lowest BCUT2D eigenvalue weighted by Gasteiger charge is -2.24. The average Bonchev–Trinajstić information content (AvgIpc) is 3.31. The van der Waals surface area contributed by atoms with Crippen molar-refractivity contribution in [2.24, 2.45) is 5.92 Å². The monoisotopic (exact) mass is 510 g/mol. The molecule has 1 heterocycles. The van der Waals surface area contributed by atoms with E-state index >= 15 is 0 Å². The molecule has 7 nitrogen and oxygen atoms in total. The minimum absolute atomic E-state index is 0.0903. The summed E-state index contributed by atoms with van der Waals surface area (Å²) in [7, 11) is 1.56. The number of methoxy groups -OCH3 is 1. The fraction of sp³-hybridized carbons (Fsp3) is 0.258. The molecule has 0 saturated carbocycles. The van der Waals surface area contributed by atoms with Crippen molar-refractivity contribution in [1.82, 2.24) is 14.7 Å². The molecule has 38 heavy (non-hydrogen) atoms. The molecule has 4 rings (SSSR count). The summed E-state index contributed by atoms with van der Waals surface area (Å²) in [6.45, 7) is 8.45. The maximum Gasteiger partial charge on any atom is 0.254 e. The number of carbonyl (C=O) groups excluding carboxylic acids is 2. The van der Waals surface area contributed by atoms with Gasteiger partial charge in [-0.3, -0.25) is 9.59 Å². The Morgan fingerprint density at radius 3 is 2.42 bits per heavy atom. The predicted octanol–water partition coefficient (Wildman–Crippen LogP) is 5.90. The highest BCUT2D eigenvalue weighted by atomic mass is 16.5. The molecule has 0 aliphatic heterocycles. The summed E-state index contributed by atoms with van der Waals surface area (Å²) >= 11 is 0. The molecule has 4 aromatic rings. The van der Waals surface area contributed by atoms with E-state index in [0.717, 1.165) is 28.1 Å². The second kappa shape index (κ2) is 11.8. The van der Waals surface area contributed by atoms with Crippen LogP contribution in [-0.4, -0.2) is 46.7 Å². The van der Waals surface area contributed by atoms with Crippen LogP contribution in [0.1, 0.15) is 35.3 Å². The first-order chi connectivity index (χ1) is 18.2. The first kappa shape index (κ1) is 26.7. The van der Waals surface area contributed by atoms with Crippen molar-refractivity contribution in [3.63, 3.8) is 0 Å². The molecule has 0 fully saturated rings. The summed E-state index contributed by atoms with van der Waals surface area (Å²) in [5.41, 5.74) is 5.23. The summed E-state index contributed by atoms with van der Waals surface area (Å²) in [4.78, 5) is 28.3. The van der Waals surface area contributed by atoms with Gasteiger partial charge >= 0.3 is 0 Å². The third-order valence-corrected chi connectivity index (χ3v) is 6.15. The Kier molecular flexibility index (Phi) is 8.26. The zero-order valence-corrected chi connectivity index (χ0v) is 22.6. The third kappa shape index (κ3) is 6.29. The van der Waals surface area contributed by atoms with Crippen LogP contribution in [0.15, 0.2) is 78.9 Å². The Morgan fingerprint density at radius 1 is 0.974 bits per heavy atom. The lowest BCUT2D eigenvalue weighted by molar-refractivity contribution is -0.117. The van der Waals surface area contributed by atoms with Crippen LogP contribution in [-0.2, 0) is 4.79 Å². The Balaban J connectivity index is 1.64. The van der Waals surface area contributed by atoms with Gasteiger partial charge in [0.1, 0.15) is 18.1 Å². The van der Waals surface area contributed by atoms with Crippen molar-refractivity contribution in [3.05, 3.63) is 95.6 Å². The quantitative estimate of drug-likeness (QED) is 0.304. The summed E-state index contributed by atoms with van der Waals surface area (Å²) < 4.78 is 7.03. The van der Waals surface area contributed by atoms with Gasteiger partial charge in [0, 0.05) is 23.7 Å². The molecule has 196 valence electrons. The van der Waals surface area contributed by atoms with E-state index in [1.165, 1.54) is 0 Å². The van der Waals surface area contributed by atoms with Gasteiger partial charge in [0.05, 0.1) is 18.5 Å². The molecule has 7 heteroatoms. The van der Waals surface area contributed by atoms with Crippen molar-refractivity contribution in [2.45, 2.75) is 27.7 Å². The maximum absolute atomic E-state index is 13.4. The van der Waals surface area contributed by atoms with Gasteiger partial charge < -0.3 is 15.0 Å². The fourth-order valence-electron chi connectivity index (χ4n) is 4.40. The van der Waals surface area contributed by atoms with Crippen LogP contribution in [0, 0.1) is 19.8 Å². The summed E-state index contributed by atoms with van der Waals surface area (Å²) in [6.07, 6.45) is 0. The molecule has 0 saturated heterocycles. The number of aryl methyl sites for hydroxylation is 2. The molecular weight excluding hydrogens is 476 g/mol. The van der Waals surface area contributed by atoms with E-state index in [1.807, 2.05) is 76.2 Å². The summed E-state index contributed by atoms with van der Waals surface area (Å²) in [5, 5.41) is 7.85. The second-order valence-electron chi connectivity index (χ2n) is 9.84. The van der Waals surface area contributed by atoms with Gasteiger partial charge in [-0.2, -0.15) is 5.10 Å². The number of benzene rings is 3. The highest BCUT2D eigenvalue weighted by Crippen LogP contribution is 2.27. The van der Waals surface area contributed by atoms with E-state index in [1.54, 1.807) is 41.0 Å². The SMILES string of the molecule is COc1cccc(C(=O)N(CC(=O)Nc2cc(-c3ccccc3)nn2-c2ccc(C)cc2C)CC(C)C)c1. The average molecular weight is 511 g/mol. The number of aromatic nitrogens is 2. The van der Waals surface area contributed by atoms with E-state index in [-0.39, 0.29) is 24.3 Å². The number of rotatable bonds is 9. The summed E-state index contributed by atoms with van der Waals surface area (Å²) in [6, 6.07) is 24.8. The number of hydrogen-bond donors (Lipinski definition) is 1. The number of hydrogen-bond acceptors (Lipinski definition) is 4. The van der Waals surface area contributed by atoms with Crippen molar-refractivity contribution < 1.29 is 14.3 Å². The molecule has 0 bridgehead atoms. The molecule has 1 aromatic heterocycles. The molecule has 1 N–H and O–H groups in total. The van der Waals surface area contributed by atoms with Gasteiger partial charge in [-0.05, 0) is 49.6 Å². The zero-order valence-electron chi connectivity index (χ0n) is 22.6. The van der Waals surface area contributed by atoms with Crippen molar-refractivity contribution in [2.75, 3.05) is 25.5 Å². The Hall–Kier alpha value is -4.39. The van der Waals surface area contributed by atoms with Crippen molar-refractivity contribution >= 4 is 17.6 Å². The molecule has 0 atom stereocenters. The Labute approximate surface area is 224 Å². The van der Waals surface area contributed by atoms with Gasteiger partial charge in [0.2, 0.25) is 5.91 Å². The number of nitrogens with zero attached hydrogens (tertiary/aromatic N) is 3. The Morgan fingerprint density at radius 2 is 1.74 bits per heavy atom. The van der Waals surface area contributed by atoms with Crippen LogP contribution in [0.25, 0.3) is 16.9 Å². The van der Waals surface area contributed by atoms with Crippen molar-refractivity contribution in [1.29, 1.82) is 0 Å². The first-order valence-corrected chi connectivity index (χ1v) is 12.7. The van der Waals surface area contributed by atoms with Crippen LogP contribution >= 0.6 is 0 Å². The molecule has 0 spiro atoms. The minimum Gasteiger partial charge on any atom is -0.497 e. The number of amides is 2. The van der Waals surface area contributed by atoms with Gasteiger partial charge in [0.15, 0.2) is 0 Å². The molecule has 0 radical (unpaired) electrons. The molecular formula is C31H34N4O3. The van der Waals surface area contributed by atoms with Crippen LogP contribution in [0.4, 0.5) is 5.82 Å². The molecule has 3 aromatic carbocycles. The van der Waals surface area contributed by atoms with Gasteiger partial charge in [-0.25, -0.2) is 4.68 Å². The minimum atomic E-state index is -0.299. The van der Waals surface area contributed by atoms with Crippen LogP contribution in [0.2, 0.25) is 0 Å². The highest BCUT2D eigenvalue weighted by Gasteiger charge is 2.22. The lowest BCUT2D eigenvalue weighted by atomic mass is 10.1. The molecule has 0 unspecified atom stereocenters. The predicted molar refractivity (Wildman–Crippen MR) is 151 cm³/mol. The topological polar surface area (TPSA) is 76.5 Å². The molecule has 0 aliphatic carbocycles. The second-order valence-corrected chi connectivity index (χ2v) is 9.84. The van der Waals surface area contributed by atoms with Crippen LogP contribution < -0.4 is 10.1 Å². The number of anilines is 1. The zero-order chi connectivity index (χ0) is 27.2. The number of ether oxygens (including phenoxy) is 1. The largest absolute Gasteiger partial charge is 0.497 e. The first-order valence-electron chi connectivity index (χ1n) is 12.7. The number of carbonyl (C=O) groups is 2. The van der Waals surface area contributed by atoms with E-state index in [4.69, 9.17) is 9.84 Å². The van der Waals surface area contributed by atoms with E-state index in [2.05, 4.69) is 11.4 Å². The smallest absolute Gasteiger partial charge is 0.254 e. The fourth-order valence-corrected chi connectivity index (χ4v) is 4.40. The van der Waals surface area contributed by atoms with E-state index in [0.29, 0.717) is 23.7 Å². The molecule has 2 amide bonds. The normalized spacial score (nSPS) is 10.9. The standard InChI is InChI=1S/C31H34N4O3/c1-21(2)19-34(31(37)25-12-9-13-26(17-25)38-5)20-30(36)32-29-18-27(24-10-7-6-8-11-24)33-35(29)28-15-14-22(3)16-23(28)4/h6-18,21H,19-20H2,1-5H3,(H,32,36). The van der Waals surface area contributed by atoms with Crippen LogP contribution in [0.3, 0.4) is 0 Å². The van der Waals surface area contributed by atoms with Gasteiger partial charge in [0.25, 0.3) is 5.91 Å². The van der Waals surface area contributed by atoms with E-state index < -0.39 is 0 Å². The van der Waals surface area contributed by atoms with Gasteiger partial charge in [-0.15, -0.1) is 0 Å². The third-order valence-electron chi connectivity index (χ3n) is 6.15. The molecule has 0 aliphatic rings. The highest BCUT2D eigenvalue weighted by molar-refractivity contribution is 5.99. The van der Waals surface area contributed by atoms with E-state index in [9.17, 15) is 9.59 Å². The van der Waals surface area contributed by atoms with Crippen LogP contribution in [0.5, 0.6) is 5.75 Å². The Bertz CT molecular complexity index is 1430. The lowest BCUT2D eigenvalue weighted by Crippen LogP contribution is -2.40. The number of nitrogens with one attached hydrogen (secondary N) is 1. The maximum atomic E-state index is 13.4.